The molecule has 0 heterocycles. The molecule has 1 aromatic carbocycles. The van der Waals surface area contributed by atoms with Crippen molar-refractivity contribution < 1.29 is 4.79 Å². The maximum atomic E-state index is 11.7. The number of carbonyl (C=O) groups is 1. The van der Waals surface area contributed by atoms with Gasteiger partial charge in [-0.25, -0.2) is 0 Å². The molecule has 1 aliphatic rings. The SMILES string of the molecule is CC[C@H]1CC(=O)c2ccccc2C1. The summed E-state index contributed by atoms with van der Waals surface area (Å²) >= 11 is 0. The molecule has 68 valence electrons. The number of rotatable bonds is 1. The van der Waals surface area contributed by atoms with E-state index in [0.717, 1.165) is 24.8 Å². The largest absolute Gasteiger partial charge is 0.294 e. The third-order valence-electron chi connectivity index (χ3n) is 2.88. The Labute approximate surface area is 78.8 Å². The van der Waals surface area contributed by atoms with Gasteiger partial charge in [-0.1, -0.05) is 37.6 Å². The number of hydrogen-bond acceptors (Lipinski definition) is 1. The van der Waals surface area contributed by atoms with Gasteiger partial charge in [0, 0.05) is 12.0 Å². The Balaban J connectivity index is 2.37. The van der Waals surface area contributed by atoms with Gasteiger partial charge in [-0.3, -0.25) is 4.79 Å². The van der Waals surface area contributed by atoms with Gasteiger partial charge in [0.2, 0.25) is 0 Å². The standard InChI is InChI=1S/C12H14O/c1-2-9-7-10-5-3-4-6-11(10)12(13)8-9/h3-6,9H,2,7-8H2,1H3/t9-/m1/s1. The predicted octanol–water partition coefficient (Wildman–Crippen LogP) is 2.84. The Morgan fingerprint density at radius 2 is 2.08 bits per heavy atom. The Morgan fingerprint density at radius 1 is 1.31 bits per heavy atom. The number of Topliss-reactive ketones (excluding diaryl/α,β-unsaturated/α-hetero) is 1. The number of ketones is 1. The molecule has 0 bridgehead atoms. The Bertz CT molecular complexity index is 328. The first-order chi connectivity index (χ1) is 6.31. The number of benzene rings is 1. The van der Waals surface area contributed by atoms with Crippen LogP contribution in [0.15, 0.2) is 24.3 Å². The second kappa shape index (κ2) is 3.33. The normalized spacial score (nSPS) is 21.3. The van der Waals surface area contributed by atoms with E-state index in [-0.39, 0.29) is 0 Å². The highest BCUT2D eigenvalue weighted by atomic mass is 16.1. The minimum Gasteiger partial charge on any atom is -0.294 e. The van der Waals surface area contributed by atoms with Crippen LogP contribution in [-0.2, 0) is 6.42 Å². The second-order valence-corrected chi connectivity index (χ2v) is 3.76. The summed E-state index contributed by atoms with van der Waals surface area (Å²) in [5.41, 5.74) is 2.19. The zero-order valence-electron chi connectivity index (χ0n) is 7.92. The maximum absolute atomic E-state index is 11.7. The van der Waals surface area contributed by atoms with E-state index in [9.17, 15) is 4.79 Å². The molecule has 1 nitrogen and oxygen atoms in total. The van der Waals surface area contributed by atoms with Crippen molar-refractivity contribution in [3.05, 3.63) is 35.4 Å². The molecule has 0 spiro atoms. The zero-order chi connectivity index (χ0) is 9.26. The van der Waals surface area contributed by atoms with Crippen molar-refractivity contribution in [2.75, 3.05) is 0 Å². The van der Waals surface area contributed by atoms with E-state index in [0.29, 0.717) is 11.7 Å². The minimum absolute atomic E-state index is 0.328. The van der Waals surface area contributed by atoms with Crippen molar-refractivity contribution in [3.8, 4) is 0 Å². The van der Waals surface area contributed by atoms with Gasteiger partial charge >= 0.3 is 0 Å². The highest BCUT2D eigenvalue weighted by Gasteiger charge is 2.22. The van der Waals surface area contributed by atoms with Gasteiger partial charge in [0.25, 0.3) is 0 Å². The lowest BCUT2D eigenvalue weighted by Crippen LogP contribution is -2.19. The van der Waals surface area contributed by atoms with Crippen molar-refractivity contribution in [2.24, 2.45) is 5.92 Å². The number of hydrogen-bond donors (Lipinski definition) is 0. The molecule has 0 aliphatic heterocycles. The van der Waals surface area contributed by atoms with E-state index in [1.165, 1.54) is 5.56 Å². The molecule has 1 atom stereocenters. The van der Waals surface area contributed by atoms with E-state index < -0.39 is 0 Å². The molecule has 0 aromatic heterocycles. The molecular formula is C12H14O. The first-order valence-electron chi connectivity index (χ1n) is 4.92. The third-order valence-corrected chi connectivity index (χ3v) is 2.88. The molecule has 1 aromatic rings. The number of fused-ring (bicyclic) bond motifs is 1. The molecule has 0 saturated heterocycles. The fourth-order valence-electron chi connectivity index (χ4n) is 2.01. The van der Waals surface area contributed by atoms with Gasteiger partial charge in [0.1, 0.15) is 0 Å². The lowest BCUT2D eigenvalue weighted by molar-refractivity contribution is 0.0947. The quantitative estimate of drug-likeness (QED) is 0.639. The van der Waals surface area contributed by atoms with Crippen LogP contribution in [0, 0.1) is 5.92 Å². The molecule has 13 heavy (non-hydrogen) atoms. The molecule has 1 heteroatoms. The summed E-state index contributed by atoms with van der Waals surface area (Å²) in [5, 5.41) is 0. The zero-order valence-corrected chi connectivity index (χ0v) is 7.92. The number of carbonyl (C=O) groups excluding carboxylic acids is 1. The fourth-order valence-corrected chi connectivity index (χ4v) is 2.01. The summed E-state index contributed by atoms with van der Waals surface area (Å²) in [4.78, 5) is 11.7. The van der Waals surface area contributed by atoms with Crippen LogP contribution in [0.4, 0.5) is 0 Å². The Morgan fingerprint density at radius 3 is 2.85 bits per heavy atom. The Hall–Kier alpha value is -1.11. The van der Waals surface area contributed by atoms with Crippen LogP contribution >= 0.6 is 0 Å². The highest BCUT2D eigenvalue weighted by molar-refractivity contribution is 5.98. The van der Waals surface area contributed by atoms with Gasteiger partial charge in [-0.05, 0) is 17.9 Å². The van der Waals surface area contributed by atoms with Gasteiger partial charge in [0.15, 0.2) is 5.78 Å². The predicted molar refractivity (Wildman–Crippen MR) is 52.9 cm³/mol. The summed E-state index contributed by atoms with van der Waals surface area (Å²) in [6, 6.07) is 7.99. The molecule has 1 aliphatic carbocycles. The lowest BCUT2D eigenvalue weighted by Gasteiger charge is -2.21. The van der Waals surface area contributed by atoms with E-state index >= 15 is 0 Å². The average molecular weight is 174 g/mol. The molecule has 0 N–H and O–H groups in total. The van der Waals surface area contributed by atoms with E-state index in [1.807, 2.05) is 18.2 Å². The third kappa shape index (κ3) is 1.51. The van der Waals surface area contributed by atoms with Crippen LogP contribution in [-0.4, -0.2) is 5.78 Å². The molecule has 0 fully saturated rings. The van der Waals surface area contributed by atoms with E-state index in [4.69, 9.17) is 0 Å². The van der Waals surface area contributed by atoms with E-state index in [2.05, 4.69) is 13.0 Å². The lowest BCUT2D eigenvalue weighted by atomic mass is 9.82. The highest BCUT2D eigenvalue weighted by Crippen LogP contribution is 2.26. The van der Waals surface area contributed by atoms with Crippen molar-refractivity contribution in [2.45, 2.75) is 26.2 Å². The summed E-state index contributed by atoms with van der Waals surface area (Å²) in [5.74, 6) is 0.899. The minimum atomic E-state index is 0.328. The molecule has 2 rings (SSSR count). The van der Waals surface area contributed by atoms with Crippen LogP contribution in [0.25, 0.3) is 0 Å². The van der Waals surface area contributed by atoms with Gasteiger partial charge in [-0.15, -0.1) is 0 Å². The molecule has 0 unspecified atom stereocenters. The van der Waals surface area contributed by atoms with Gasteiger partial charge in [0.05, 0.1) is 0 Å². The summed E-state index contributed by atoms with van der Waals surface area (Å²) in [6.45, 7) is 2.16. The van der Waals surface area contributed by atoms with Crippen molar-refractivity contribution in [1.29, 1.82) is 0 Å². The van der Waals surface area contributed by atoms with E-state index in [1.54, 1.807) is 0 Å². The fraction of sp³-hybridized carbons (Fsp3) is 0.417. The topological polar surface area (TPSA) is 17.1 Å². The van der Waals surface area contributed by atoms with Crippen LogP contribution < -0.4 is 0 Å². The summed E-state index contributed by atoms with van der Waals surface area (Å²) in [6.07, 6.45) is 2.94. The average Bonchev–Trinajstić information content (AvgIpc) is 2.18. The second-order valence-electron chi connectivity index (χ2n) is 3.76. The molecular weight excluding hydrogens is 160 g/mol. The molecule has 0 radical (unpaired) electrons. The summed E-state index contributed by atoms with van der Waals surface area (Å²) < 4.78 is 0. The van der Waals surface area contributed by atoms with Crippen LogP contribution in [0.3, 0.4) is 0 Å². The monoisotopic (exact) mass is 174 g/mol. The van der Waals surface area contributed by atoms with Gasteiger partial charge < -0.3 is 0 Å². The first kappa shape index (κ1) is 8.49. The van der Waals surface area contributed by atoms with Crippen LogP contribution in [0.1, 0.15) is 35.7 Å². The van der Waals surface area contributed by atoms with Gasteiger partial charge in [-0.2, -0.15) is 0 Å². The first-order valence-corrected chi connectivity index (χ1v) is 4.92. The molecule has 0 saturated carbocycles. The van der Waals surface area contributed by atoms with Crippen molar-refractivity contribution >= 4 is 5.78 Å². The smallest absolute Gasteiger partial charge is 0.163 e. The van der Waals surface area contributed by atoms with Crippen molar-refractivity contribution in [3.63, 3.8) is 0 Å². The summed E-state index contributed by atoms with van der Waals surface area (Å²) in [7, 11) is 0. The van der Waals surface area contributed by atoms with Crippen LogP contribution in [0.2, 0.25) is 0 Å². The van der Waals surface area contributed by atoms with Crippen LogP contribution in [0.5, 0.6) is 0 Å². The van der Waals surface area contributed by atoms with Crippen molar-refractivity contribution in [1.82, 2.24) is 0 Å². The maximum Gasteiger partial charge on any atom is 0.163 e. The molecule has 0 amide bonds. The Kier molecular flexibility index (Phi) is 2.17.